The molecule has 16 heavy (non-hydrogen) atoms. The van der Waals surface area contributed by atoms with Gasteiger partial charge in [-0.15, -0.1) is 0 Å². The smallest absolute Gasteiger partial charge is 0.123 e. The van der Waals surface area contributed by atoms with Crippen molar-refractivity contribution in [2.45, 2.75) is 52.6 Å². The zero-order valence-electron chi connectivity index (χ0n) is 11.1. The lowest BCUT2D eigenvalue weighted by Gasteiger charge is -2.44. The first-order valence-electron chi connectivity index (χ1n) is 6.29. The molecule has 2 aliphatic rings. The number of ether oxygens (including phenoxy) is 1. The van der Waals surface area contributed by atoms with Crippen molar-refractivity contribution in [2.75, 3.05) is 0 Å². The van der Waals surface area contributed by atoms with Gasteiger partial charge in [-0.2, -0.15) is 0 Å². The van der Waals surface area contributed by atoms with Gasteiger partial charge in [0.25, 0.3) is 0 Å². The molecule has 0 N–H and O–H groups in total. The van der Waals surface area contributed by atoms with Crippen LogP contribution in [0.5, 0.6) is 0 Å². The predicted octanol–water partition coefficient (Wildman–Crippen LogP) is 4.62. The normalized spacial score (nSPS) is 31.4. The maximum absolute atomic E-state index is 6.02. The summed E-state index contributed by atoms with van der Waals surface area (Å²) < 4.78 is 6.02. The molecule has 2 unspecified atom stereocenters. The maximum atomic E-state index is 6.02. The summed E-state index contributed by atoms with van der Waals surface area (Å²) in [6.07, 6.45) is 5.32. The number of hydrogen-bond acceptors (Lipinski definition) is 1. The van der Waals surface area contributed by atoms with Gasteiger partial charge < -0.3 is 4.74 Å². The average molecular weight is 220 g/mol. The summed E-state index contributed by atoms with van der Waals surface area (Å²) in [4.78, 5) is 0. The predicted molar refractivity (Wildman–Crippen MR) is 70.2 cm³/mol. The van der Waals surface area contributed by atoms with Crippen LogP contribution in [0, 0.1) is 5.92 Å². The fourth-order valence-corrected chi connectivity index (χ4v) is 2.40. The summed E-state index contributed by atoms with van der Waals surface area (Å²) in [5.41, 5.74) is 2.49. The Morgan fingerprint density at radius 2 is 2.12 bits per heavy atom. The minimum absolute atomic E-state index is 0.0950. The molecule has 0 aromatic heterocycles. The van der Waals surface area contributed by atoms with Crippen molar-refractivity contribution >= 4 is 0 Å². The van der Waals surface area contributed by atoms with Gasteiger partial charge in [0.2, 0.25) is 0 Å². The average Bonchev–Trinajstić information content (AvgIpc) is 2.72. The van der Waals surface area contributed by atoms with Crippen LogP contribution in [0.3, 0.4) is 0 Å². The summed E-state index contributed by atoms with van der Waals surface area (Å²) in [6.45, 7) is 16.1. The van der Waals surface area contributed by atoms with Crippen LogP contribution < -0.4 is 0 Å². The monoisotopic (exact) mass is 220 g/mol. The molecule has 1 nitrogen and oxygen atoms in total. The van der Waals surface area contributed by atoms with Gasteiger partial charge in [0.15, 0.2) is 0 Å². The highest BCUT2D eigenvalue weighted by molar-refractivity contribution is 5.39. The Hall–Kier alpha value is -0.980. The van der Waals surface area contributed by atoms with Crippen molar-refractivity contribution < 1.29 is 4.74 Å². The van der Waals surface area contributed by atoms with Crippen LogP contribution in [-0.4, -0.2) is 5.60 Å². The molecule has 0 bridgehead atoms. The van der Waals surface area contributed by atoms with E-state index in [1.54, 1.807) is 0 Å². The number of allylic oxidation sites excluding steroid dienone is 2. The highest BCUT2D eigenvalue weighted by Crippen LogP contribution is 2.52. The van der Waals surface area contributed by atoms with Crippen LogP contribution >= 0.6 is 0 Å². The molecule has 90 valence electrons. The van der Waals surface area contributed by atoms with Crippen LogP contribution in [0.25, 0.3) is 0 Å². The summed E-state index contributed by atoms with van der Waals surface area (Å²) in [5, 5.41) is 0. The zero-order valence-corrected chi connectivity index (χ0v) is 11.1. The Labute approximate surface area is 99.9 Å². The standard InChI is InChI=1S/C13H18O.C2H6/c1-5-12-11(9(2)3)8-13(14-12)7-6-10(13)4;1-2/h5,10H,1-2,6-8H2,3-4H3;1-2H3. The van der Waals surface area contributed by atoms with Crippen molar-refractivity contribution in [1.29, 1.82) is 0 Å². The molecule has 0 amide bonds. The second kappa shape index (κ2) is 4.90. The first-order valence-corrected chi connectivity index (χ1v) is 6.29. The van der Waals surface area contributed by atoms with E-state index in [2.05, 4.69) is 20.1 Å². The molecule has 0 saturated heterocycles. The largest absolute Gasteiger partial charge is 0.486 e. The number of rotatable bonds is 2. The molecule has 2 atom stereocenters. The van der Waals surface area contributed by atoms with E-state index in [9.17, 15) is 0 Å². The van der Waals surface area contributed by atoms with E-state index >= 15 is 0 Å². The Morgan fingerprint density at radius 1 is 1.50 bits per heavy atom. The minimum atomic E-state index is 0.0950. The Morgan fingerprint density at radius 3 is 2.38 bits per heavy atom. The van der Waals surface area contributed by atoms with Gasteiger partial charge in [0.1, 0.15) is 11.4 Å². The lowest BCUT2D eigenvalue weighted by molar-refractivity contribution is -0.0858. The Bertz CT molecular complexity index is 324. The van der Waals surface area contributed by atoms with Crippen molar-refractivity contribution in [3.05, 3.63) is 36.1 Å². The molecular formula is C15H24O. The Kier molecular flexibility index (Phi) is 4.01. The van der Waals surface area contributed by atoms with Crippen molar-refractivity contribution in [3.63, 3.8) is 0 Å². The fraction of sp³-hybridized carbons (Fsp3) is 0.600. The van der Waals surface area contributed by atoms with Gasteiger partial charge in [-0.25, -0.2) is 0 Å². The molecule has 1 heterocycles. The molecule has 1 aliphatic carbocycles. The highest BCUT2D eigenvalue weighted by Gasteiger charge is 2.50. The van der Waals surface area contributed by atoms with Gasteiger partial charge in [-0.3, -0.25) is 0 Å². The Balaban J connectivity index is 0.000000606. The van der Waals surface area contributed by atoms with Crippen LogP contribution in [0.15, 0.2) is 36.1 Å². The van der Waals surface area contributed by atoms with Crippen LogP contribution in [0.4, 0.5) is 0 Å². The van der Waals surface area contributed by atoms with Gasteiger partial charge in [-0.05, 0) is 31.8 Å². The molecule has 1 saturated carbocycles. The minimum Gasteiger partial charge on any atom is -0.486 e. The second-order valence-electron chi connectivity index (χ2n) is 4.61. The van der Waals surface area contributed by atoms with E-state index in [1.807, 2.05) is 26.8 Å². The number of hydrogen-bond donors (Lipinski definition) is 0. The molecule has 0 radical (unpaired) electrons. The van der Waals surface area contributed by atoms with Crippen molar-refractivity contribution in [1.82, 2.24) is 0 Å². The second-order valence-corrected chi connectivity index (χ2v) is 4.61. The van der Waals surface area contributed by atoms with Gasteiger partial charge in [0.05, 0.1) is 0 Å². The van der Waals surface area contributed by atoms with E-state index in [4.69, 9.17) is 4.74 Å². The first-order chi connectivity index (χ1) is 7.59. The lowest BCUT2D eigenvalue weighted by atomic mass is 9.68. The van der Waals surface area contributed by atoms with Crippen LogP contribution in [0.2, 0.25) is 0 Å². The lowest BCUT2D eigenvalue weighted by Crippen LogP contribution is -2.45. The quantitative estimate of drug-likeness (QED) is 0.660. The van der Waals surface area contributed by atoms with Gasteiger partial charge >= 0.3 is 0 Å². The molecule has 1 heteroatoms. The van der Waals surface area contributed by atoms with Gasteiger partial charge in [-0.1, -0.05) is 39.5 Å². The molecule has 0 aromatic carbocycles. The van der Waals surface area contributed by atoms with Crippen LogP contribution in [-0.2, 0) is 4.74 Å². The molecule has 1 fully saturated rings. The topological polar surface area (TPSA) is 9.23 Å². The third-order valence-electron chi connectivity index (χ3n) is 3.69. The van der Waals surface area contributed by atoms with E-state index in [1.165, 1.54) is 18.4 Å². The zero-order chi connectivity index (χ0) is 12.3. The third kappa shape index (κ3) is 1.95. The van der Waals surface area contributed by atoms with E-state index in [0.29, 0.717) is 5.92 Å². The summed E-state index contributed by atoms with van der Waals surface area (Å²) >= 11 is 0. The molecular weight excluding hydrogens is 196 g/mol. The molecule has 1 spiro atoms. The first kappa shape index (κ1) is 13.1. The van der Waals surface area contributed by atoms with E-state index < -0.39 is 0 Å². The van der Waals surface area contributed by atoms with Crippen molar-refractivity contribution in [3.8, 4) is 0 Å². The summed E-state index contributed by atoms with van der Waals surface area (Å²) in [6, 6.07) is 0. The summed E-state index contributed by atoms with van der Waals surface area (Å²) in [7, 11) is 0. The van der Waals surface area contributed by atoms with Crippen LogP contribution in [0.1, 0.15) is 47.0 Å². The molecule has 0 aromatic rings. The maximum Gasteiger partial charge on any atom is 0.123 e. The van der Waals surface area contributed by atoms with Crippen molar-refractivity contribution in [2.24, 2.45) is 5.92 Å². The van der Waals surface area contributed by atoms with Gasteiger partial charge in [0, 0.05) is 12.0 Å². The fourth-order valence-electron chi connectivity index (χ4n) is 2.40. The summed E-state index contributed by atoms with van der Waals surface area (Å²) in [5.74, 6) is 1.64. The molecule has 1 aliphatic heterocycles. The SMILES string of the molecule is C=CC1=C(C(=C)C)CC2(CCC2C)O1.CC. The van der Waals surface area contributed by atoms with E-state index in [-0.39, 0.29) is 5.60 Å². The van der Waals surface area contributed by atoms with E-state index in [0.717, 1.165) is 17.8 Å². The molecule has 2 rings (SSSR count). The third-order valence-corrected chi connectivity index (χ3v) is 3.69. The highest BCUT2D eigenvalue weighted by atomic mass is 16.5.